The summed E-state index contributed by atoms with van der Waals surface area (Å²) in [7, 11) is -0.777. The molecule has 1 N–H and O–H groups in total. The van der Waals surface area contributed by atoms with E-state index in [9.17, 15) is 5.11 Å². The van der Waals surface area contributed by atoms with Gasteiger partial charge in [-0.05, 0) is 18.5 Å². The number of para-hydroxylation sites is 1. The minimum Gasteiger partial charge on any atom is -0.508 e. The van der Waals surface area contributed by atoms with Crippen LogP contribution < -0.4 is 5.19 Å². The van der Waals surface area contributed by atoms with E-state index in [1.54, 1.807) is 13.2 Å². The molecule has 1 rings (SSSR count). The molecule has 0 aliphatic rings. The molecule has 0 saturated carbocycles. The third kappa shape index (κ3) is 3.31. The van der Waals surface area contributed by atoms with Crippen LogP contribution in [0.3, 0.4) is 0 Å². The average molecular weight is 254 g/mol. The monoisotopic (exact) mass is 254 g/mol. The van der Waals surface area contributed by atoms with Crippen molar-refractivity contribution in [3.05, 3.63) is 24.3 Å². The van der Waals surface area contributed by atoms with Gasteiger partial charge in [0.1, 0.15) is 5.75 Å². The zero-order valence-corrected chi connectivity index (χ0v) is 11.9. The number of aromatic hydroxyl groups is 1. The fourth-order valence-electron chi connectivity index (χ4n) is 1.95. The molecule has 1 unspecified atom stereocenters. The standard InChI is InChI=1S/C13H22O3Si/c1-4-10-16-17(15-3,11-5-2)13-9-7-6-8-12(13)14/h6-9,14H,4-5,10-11H2,1-3H3. The van der Waals surface area contributed by atoms with Gasteiger partial charge in [0.25, 0.3) is 0 Å². The number of phenols is 1. The highest BCUT2D eigenvalue weighted by molar-refractivity contribution is 6.81. The van der Waals surface area contributed by atoms with Gasteiger partial charge in [-0.25, -0.2) is 0 Å². The van der Waals surface area contributed by atoms with Gasteiger partial charge in [0, 0.05) is 18.9 Å². The van der Waals surface area contributed by atoms with Crippen LogP contribution in [0.2, 0.25) is 6.04 Å². The highest BCUT2D eigenvalue weighted by Gasteiger charge is 2.40. The molecular formula is C13H22O3Si. The van der Waals surface area contributed by atoms with Gasteiger partial charge >= 0.3 is 8.56 Å². The molecule has 0 aliphatic carbocycles. The maximum Gasteiger partial charge on any atom is 0.376 e. The summed E-state index contributed by atoms with van der Waals surface area (Å²) in [5, 5.41) is 10.8. The molecule has 4 heteroatoms. The molecule has 17 heavy (non-hydrogen) atoms. The van der Waals surface area contributed by atoms with Crippen molar-refractivity contribution < 1.29 is 14.0 Å². The Morgan fingerprint density at radius 3 is 2.41 bits per heavy atom. The molecule has 0 spiro atoms. The Morgan fingerprint density at radius 1 is 1.18 bits per heavy atom. The van der Waals surface area contributed by atoms with Crippen LogP contribution in [-0.4, -0.2) is 27.4 Å². The summed E-state index contributed by atoms with van der Waals surface area (Å²) >= 11 is 0. The van der Waals surface area contributed by atoms with Gasteiger partial charge in [-0.3, -0.25) is 0 Å². The second-order valence-corrected chi connectivity index (χ2v) is 7.31. The second kappa shape index (κ2) is 6.79. The first kappa shape index (κ1) is 14.2. The van der Waals surface area contributed by atoms with E-state index in [1.165, 1.54) is 0 Å². The van der Waals surface area contributed by atoms with Crippen molar-refractivity contribution >= 4 is 13.7 Å². The molecule has 0 aliphatic heterocycles. The van der Waals surface area contributed by atoms with Gasteiger partial charge in [-0.15, -0.1) is 0 Å². The Bertz CT molecular complexity index is 343. The number of benzene rings is 1. The second-order valence-electron chi connectivity index (χ2n) is 4.07. The summed E-state index contributed by atoms with van der Waals surface area (Å²) in [6.07, 6.45) is 1.94. The third-order valence-electron chi connectivity index (χ3n) is 2.76. The zero-order valence-electron chi connectivity index (χ0n) is 10.9. The summed E-state index contributed by atoms with van der Waals surface area (Å²) < 4.78 is 11.7. The smallest absolute Gasteiger partial charge is 0.376 e. The first-order valence-corrected chi connectivity index (χ1v) is 8.20. The SMILES string of the molecule is CCCO[Si](CCC)(OC)c1ccccc1O. The lowest BCUT2D eigenvalue weighted by atomic mass is 10.3. The third-order valence-corrected chi connectivity index (χ3v) is 6.49. The van der Waals surface area contributed by atoms with Crippen LogP contribution in [0, 0.1) is 0 Å². The number of hydrogen-bond donors (Lipinski definition) is 1. The summed E-state index contributed by atoms with van der Waals surface area (Å²) in [4.78, 5) is 0. The van der Waals surface area contributed by atoms with Gasteiger partial charge in [-0.1, -0.05) is 38.5 Å². The molecule has 0 aromatic heterocycles. The molecule has 1 aromatic carbocycles. The van der Waals surface area contributed by atoms with Crippen LogP contribution >= 0.6 is 0 Å². The maximum absolute atomic E-state index is 9.98. The molecule has 0 bridgehead atoms. The van der Waals surface area contributed by atoms with Gasteiger partial charge in [0.2, 0.25) is 0 Å². The van der Waals surface area contributed by atoms with Crippen molar-refractivity contribution in [2.75, 3.05) is 13.7 Å². The van der Waals surface area contributed by atoms with E-state index in [2.05, 4.69) is 13.8 Å². The fourth-order valence-corrected chi connectivity index (χ4v) is 5.07. The van der Waals surface area contributed by atoms with Gasteiger partial charge in [-0.2, -0.15) is 0 Å². The van der Waals surface area contributed by atoms with Crippen molar-refractivity contribution in [3.8, 4) is 5.75 Å². The highest BCUT2D eigenvalue weighted by Crippen LogP contribution is 2.20. The van der Waals surface area contributed by atoms with E-state index in [0.29, 0.717) is 6.61 Å². The number of hydrogen-bond acceptors (Lipinski definition) is 3. The van der Waals surface area contributed by atoms with Crippen LogP contribution in [0.4, 0.5) is 0 Å². The van der Waals surface area contributed by atoms with E-state index in [0.717, 1.165) is 24.1 Å². The average Bonchev–Trinajstić information content (AvgIpc) is 2.35. The predicted molar refractivity (Wildman–Crippen MR) is 71.8 cm³/mol. The molecule has 0 radical (unpaired) electrons. The molecule has 0 heterocycles. The van der Waals surface area contributed by atoms with E-state index < -0.39 is 8.56 Å². The Kier molecular flexibility index (Phi) is 5.68. The van der Waals surface area contributed by atoms with Gasteiger partial charge < -0.3 is 14.0 Å². The van der Waals surface area contributed by atoms with Crippen molar-refractivity contribution in [2.45, 2.75) is 32.7 Å². The Hall–Kier alpha value is -0.843. The molecule has 1 aromatic rings. The molecule has 3 nitrogen and oxygen atoms in total. The summed E-state index contributed by atoms with van der Waals surface area (Å²) in [5.41, 5.74) is 0. The van der Waals surface area contributed by atoms with Crippen LogP contribution in [0.1, 0.15) is 26.7 Å². The minimum atomic E-state index is -2.46. The first-order chi connectivity index (χ1) is 8.20. The predicted octanol–water partition coefficient (Wildman–Crippen LogP) is 2.52. The number of rotatable bonds is 7. The Labute approximate surface area is 105 Å². The minimum absolute atomic E-state index is 0.283. The van der Waals surface area contributed by atoms with Crippen LogP contribution in [0.15, 0.2) is 24.3 Å². The lowest BCUT2D eigenvalue weighted by Gasteiger charge is -2.29. The van der Waals surface area contributed by atoms with Gasteiger partial charge in [0.05, 0.1) is 0 Å². The lowest BCUT2D eigenvalue weighted by Crippen LogP contribution is -2.53. The maximum atomic E-state index is 9.98. The van der Waals surface area contributed by atoms with E-state index in [-0.39, 0.29) is 5.75 Å². The topological polar surface area (TPSA) is 38.7 Å². The lowest BCUT2D eigenvalue weighted by molar-refractivity contribution is 0.210. The Morgan fingerprint density at radius 2 is 1.88 bits per heavy atom. The van der Waals surface area contributed by atoms with Crippen molar-refractivity contribution in [1.82, 2.24) is 0 Å². The molecule has 0 fully saturated rings. The van der Waals surface area contributed by atoms with E-state index in [4.69, 9.17) is 8.85 Å². The molecule has 1 atom stereocenters. The molecular weight excluding hydrogens is 232 g/mol. The van der Waals surface area contributed by atoms with E-state index >= 15 is 0 Å². The summed E-state index contributed by atoms with van der Waals surface area (Å²) in [5.74, 6) is 0.283. The summed E-state index contributed by atoms with van der Waals surface area (Å²) in [6.45, 7) is 4.86. The van der Waals surface area contributed by atoms with Crippen molar-refractivity contribution in [2.24, 2.45) is 0 Å². The normalized spacial score (nSPS) is 14.5. The zero-order chi connectivity index (χ0) is 12.7. The Balaban J connectivity index is 3.07. The van der Waals surface area contributed by atoms with Gasteiger partial charge in [0.15, 0.2) is 0 Å². The van der Waals surface area contributed by atoms with Crippen molar-refractivity contribution in [1.29, 1.82) is 0 Å². The van der Waals surface area contributed by atoms with Crippen LogP contribution in [0.5, 0.6) is 5.75 Å². The molecule has 0 amide bonds. The summed E-state index contributed by atoms with van der Waals surface area (Å²) in [6, 6.07) is 8.21. The molecule has 96 valence electrons. The largest absolute Gasteiger partial charge is 0.508 e. The fraction of sp³-hybridized carbons (Fsp3) is 0.538. The molecule has 0 saturated heterocycles. The first-order valence-electron chi connectivity index (χ1n) is 6.17. The quantitative estimate of drug-likeness (QED) is 0.760. The van der Waals surface area contributed by atoms with E-state index in [1.807, 2.05) is 18.2 Å². The van der Waals surface area contributed by atoms with Crippen LogP contribution in [0.25, 0.3) is 0 Å². The van der Waals surface area contributed by atoms with Crippen LogP contribution in [-0.2, 0) is 8.85 Å². The number of phenolic OH excluding ortho intramolecular Hbond substituents is 1. The highest BCUT2D eigenvalue weighted by atomic mass is 28.4. The van der Waals surface area contributed by atoms with Crippen molar-refractivity contribution in [3.63, 3.8) is 0 Å².